The molecule has 0 aliphatic heterocycles. The smallest absolute Gasteiger partial charge is 0.269 e. The minimum absolute atomic E-state index is 0.149. The van der Waals surface area contributed by atoms with E-state index in [1.807, 2.05) is 50.2 Å². The van der Waals surface area contributed by atoms with Gasteiger partial charge in [-0.1, -0.05) is 12.1 Å². The first-order valence-corrected chi connectivity index (χ1v) is 7.27. The molecule has 0 saturated carbocycles. The number of pyridine rings is 1. The SMILES string of the molecule is Cc1cccc(Nc2ccc(C(=O)NCCN(C)C)nc2)c1. The quantitative estimate of drug-likeness (QED) is 0.860. The molecule has 1 amide bonds. The molecular weight excluding hydrogens is 276 g/mol. The lowest BCUT2D eigenvalue weighted by atomic mass is 10.2. The molecule has 0 unspecified atom stereocenters. The number of aromatic nitrogens is 1. The van der Waals surface area contributed by atoms with Gasteiger partial charge in [0.15, 0.2) is 0 Å². The molecule has 116 valence electrons. The third-order valence-electron chi connectivity index (χ3n) is 3.15. The van der Waals surface area contributed by atoms with Crippen LogP contribution in [0.5, 0.6) is 0 Å². The number of nitrogens with one attached hydrogen (secondary N) is 2. The highest BCUT2D eigenvalue weighted by atomic mass is 16.1. The molecule has 1 aromatic carbocycles. The van der Waals surface area contributed by atoms with Crippen molar-refractivity contribution in [2.45, 2.75) is 6.92 Å². The molecule has 0 fully saturated rings. The van der Waals surface area contributed by atoms with Crippen LogP contribution in [0, 0.1) is 6.92 Å². The predicted molar refractivity (Wildman–Crippen MR) is 89.6 cm³/mol. The number of carbonyl (C=O) groups is 1. The van der Waals surface area contributed by atoms with Gasteiger partial charge in [0.2, 0.25) is 0 Å². The van der Waals surface area contributed by atoms with Gasteiger partial charge in [-0.25, -0.2) is 4.98 Å². The number of aryl methyl sites for hydroxylation is 1. The van der Waals surface area contributed by atoms with Gasteiger partial charge in [-0.05, 0) is 50.8 Å². The Kier molecular flexibility index (Phi) is 5.49. The molecule has 2 rings (SSSR count). The summed E-state index contributed by atoms with van der Waals surface area (Å²) in [4.78, 5) is 18.2. The number of hydrogen-bond donors (Lipinski definition) is 2. The summed E-state index contributed by atoms with van der Waals surface area (Å²) in [6, 6.07) is 11.7. The molecule has 0 bridgehead atoms. The Morgan fingerprint density at radius 3 is 2.64 bits per heavy atom. The highest BCUT2D eigenvalue weighted by Crippen LogP contribution is 2.16. The third kappa shape index (κ3) is 4.86. The third-order valence-corrected chi connectivity index (χ3v) is 3.15. The Morgan fingerprint density at radius 1 is 1.18 bits per heavy atom. The second-order valence-electron chi connectivity index (χ2n) is 5.49. The van der Waals surface area contributed by atoms with E-state index < -0.39 is 0 Å². The van der Waals surface area contributed by atoms with Gasteiger partial charge < -0.3 is 15.5 Å². The van der Waals surface area contributed by atoms with E-state index in [0.29, 0.717) is 12.2 Å². The van der Waals surface area contributed by atoms with Crippen molar-refractivity contribution in [1.82, 2.24) is 15.2 Å². The maximum absolute atomic E-state index is 11.9. The Hall–Kier alpha value is -2.40. The summed E-state index contributed by atoms with van der Waals surface area (Å²) < 4.78 is 0. The fourth-order valence-corrected chi connectivity index (χ4v) is 1.98. The fourth-order valence-electron chi connectivity index (χ4n) is 1.98. The minimum atomic E-state index is -0.149. The van der Waals surface area contributed by atoms with Crippen molar-refractivity contribution in [3.63, 3.8) is 0 Å². The average Bonchev–Trinajstić information content (AvgIpc) is 2.47. The van der Waals surface area contributed by atoms with E-state index in [1.54, 1.807) is 12.3 Å². The summed E-state index contributed by atoms with van der Waals surface area (Å²) in [5.74, 6) is -0.149. The van der Waals surface area contributed by atoms with Crippen LogP contribution in [0.4, 0.5) is 11.4 Å². The number of likely N-dealkylation sites (N-methyl/N-ethyl adjacent to an activating group) is 1. The molecule has 0 saturated heterocycles. The highest BCUT2D eigenvalue weighted by molar-refractivity contribution is 5.92. The number of amides is 1. The van der Waals surface area contributed by atoms with Crippen LogP contribution in [0.25, 0.3) is 0 Å². The van der Waals surface area contributed by atoms with Gasteiger partial charge in [0.1, 0.15) is 5.69 Å². The van der Waals surface area contributed by atoms with Gasteiger partial charge in [-0.3, -0.25) is 4.79 Å². The number of carbonyl (C=O) groups excluding carboxylic acids is 1. The summed E-state index contributed by atoms with van der Waals surface area (Å²) in [5, 5.41) is 6.11. The summed E-state index contributed by atoms with van der Waals surface area (Å²) in [5.41, 5.74) is 3.48. The molecular formula is C17H22N4O. The largest absolute Gasteiger partial charge is 0.354 e. The maximum atomic E-state index is 11.9. The van der Waals surface area contributed by atoms with Crippen molar-refractivity contribution >= 4 is 17.3 Å². The number of benzene rings is 1. The second-order valence-corrected chi connectivity index (χ2v) is 5.49. The molecule has 0 atom stereocenters. The molecule has 5 heteroatoms. The Morgan fingerprint density at radius 2 is 2.00 bits per heavy atom. The van der Waals surface area contributed by atoms with Crippen LogP contribution in [-0.4, -0.2) is 43.0 Å². The summed E-state index contributed by atoms with van der Waals surface area (Å²) >= 11 is 0. The monoisotopic (exact) mass is 298 g/mol. The average molecular weight is 298 g/mol. The molecule has 5 nitrogen and oxygen atoms in total. The predicted octanol–water partition coefficient (Wildman–Crippen LogP) is 2.43. The van der Waals surface area contributed by atoms with Crippen LogP contribution in [0.1, 0.15) is 16.1 Å². The van der Waals surface area contributed by atoms with E-state index in [0.717, 1.165) is 17.9 Å². The molecule has 0 radical (unpaired) electrons. The van der Waals surface area contributed by atoms with Crippen molar-refractivity contribution in [3.05, 3.63) is 53.9 Å². The molecule has 1 aromatic heterocycles. The van der Waals surface area contributed by atoms with E-state index in [2.05, 4.69) is 21.7 Å². The topological polar surface area (TPSA) is 57.3 Å². The molecule has 0 aliphatic rings. The Labute approximate surface area is 131 Å². The summed E-state index contributed by atoms with van der Waals surface area (Å²) in [6.07, 6.45) is 1.67. The maximum Gasteiger partial charge on any atom is 0.269 e. The van der Waals surface area contributed by atoms with Crippen molar-refractivity contribution in [3.8, 4) is 0 Å². The standard InChI is InChI=1S/C17H22N4O/c1-13-5-4-6-14(11-13)20-15-7-8-16(19-12-15)17(22)18-9-10-21(2)3/h4-8,11-12,20H,9-10H2,1-3H3,(H,18,22). The molecule has 2 N–H and O–H groups in total. The van der Waals surface area contributed by atoms with E-state index in [-0.39, 0.29) is 5.91 Å². The van der Waals surface area contributed by atoms with E-state index >= 15 is 0 Å². The number of anilines is 2. The van der Waals surface area contributed by atoms with Crippen LogP contribution in [0.15, 0.2) is 42.6 Å². The molecule has 1 heterocycles. The zero-order valence-electron chi connectivity index (χ0n) is 13.3. The Balaban J connectivity index is 1.93. The van der Waals surface area contributed by atoms with Crippen LogP contribution in [0.2, 0.25) is 0 Å². The fraction of sp³-hybridized carbons (Fsp3) is 0.294. The number of rotatable bonds is 6. The molecule has 2 aromatic rings. The highest BCUT2D eigenvalue weighted by Gasteiger charge is 2.06. The first-order valence-electron chi connectivity index (χ1n) is 7.27. The second kappa shape index (κ2) is 7.56. The van der Waals surface area contributed by atoms with E-state index in [1.165, 1.54) is 5.56 Å². The van der Waals surface area contributed by atoms with Gasteiger partial charge in [0, 0.05) is 18.8 Å². The first-order chi connectivity index (χ1) is 10.5. The van der Waals surface area contributed by atoms with Crippen molar-refractivity contribution in [1.29, 1.82) is 0 Å². The molecule has 22 heavy (non-hydrogen) atoms. The van der Waals surface area contributed by atoms with Crippen LogP contribution < -0.4 is 10.6 Å². The number of hydrogen-bond acceptors (Lipinski definition) is 4. The zero-order valence-corrected chi connectivity index (χ0v) is 13.3. The number of nitrogens with zero attached hydrogens (tertiary/aromatic N) is 2. The van der Waals surface area contributed by atoms with Crippen LogP contribution >= 0.6 is 0 Å². The first kappa shape index (κ1) is 16.0. The van der Waals surface area contributed by atoms with Crippen molar-refractivity contribution in [2.24, 2.45) is 0 Å². The van der Waals surface area contributed by atoms with Crippen molar-refractivity contribution in [2.75, 3.05) is 32.5 Å². The molecule has 0 aliphatic carbocycles. The minimum Gasteiger partial charge on any atom is -0.354 e. The van der Waals surface area contributed by atoms with Crippen LogP contribution in [0.3, 0.4) is 0 Å². The Bertz CT molecular complexity index is 623. The lowest BCUT2D eigenvalue weighted by molar-refractivity contribution is 0.0946. The van der Waals surface area contributed by atoms with Gasteiger partial charge in [-0.2, -0.15) is 0 Å². The molecule has 0 spiro atoms. The lowest BCUT2D eigenvalue weighted by Crippen LogP contribution is -2.31. The van der Waals surface area contributed by atoms with E-state index in [9.17, 15) is 4.79 Å². The van der Waals surface area contributed by atoms with E-state index in [4.69, 9.17) is 0 Å². The van der Waals surface area contributed by atoms with Gasteiger partial charge >= 0.3 is 0 Å². The summed E-state index contributed by atoms with van der Waals surface area (Å²) in [6.45, 7) is 3.46. The van der Waals surface area contributed by atoms with Gasteiger partial charge in [0.05, 0.1) is 11.9 Å². The van der Waals surface area contributed by atoms with Crippen molar-refractivity contribution < 1.29 is 4.79 Å². The van der Waals surface area contributed by atoms with Crippen LogP contribution in [-0.2, 0) is 0 Å². The summed E-state index contributed by atoms with van der Waals surface area (Å²) in [7, 11) is 3.94. The normalized spacial score (nSPS) is 10.5. The van der Waals surface area contributed by atoms with Gasteiger partial charge in [0.25, 0.3) is 5.91 Å². The lowest BCUT2D eigenvalue weighted by Gasteiger charge is -2.10. The zero-order chi connectivity index (χ0) is 15.9. The van der Waals surface area contributed by atoms with Gasteiger partial charge in [-0.15, -0.1) is 0 Å².